The molecule has 8 heteroatoms. The molecule has 0 aliphatic heterocycles. The van der Waals surface area contributed by atoms with Gasteiger partial charge >= 0.3 is 0 Å². The second kappa shape index (κ2) is 7.08. The Morgan fingerprint density at radius 3 is 2.48 bits per heavy atom. The van der Waals surface area contributed by atoms with E-state index < -0.39 is 0 Å². The van der Waals surface area contributed by atoms with Crippen LogP contribution >= 0.6 is 0 Å². The van der Waals surface area contributed by atoms with Gasteiger partial charge in [0, 0.05) is 17.2 Å². The Morgan fingerprint density at radius 2 is 1.92 bits per heavy atom. The minimum Gasteiger partial charge on any atom is -0.481 e. The summed E-state index contributed by atoms with van der Waals surface area (Å²) in [4.78, 5) is 17.9. The van der Waals surface area contributed by atoms with Gasteiger partial charge in [-0.1, -0.05) is 12.1 Å². The number of hydrogen-bond donors (Lipinski definition) is 1. The fourth-order valence-corrected chi connectivity index (χ4v) is 2.11. The summed E-state index contributed by atoms with van der Waals surface area (Å²) in [5, 5.41) is 15.1. The van der Waals surface area contributed by atoms with Crippen molar-refractivity contribution in [3.05, 3.63) is 48.2 Å². The average molecular weight is 338 g/mol. The summed E-state index contributed by atoms with van der Waals surface area (Å²) in [6.45, 7) is 3.96. The Bertz CT molecular complexity index is 856. The standard InChI is InChI=1S/C17H18N6O2/c1-11(2)23-21-16(20-22-23)12-4-6-13(7-5-12)17(24)19-14-8-9-15(25-3)18-10-14/h4-11H,1-3H3,(H,19,24). The van der Waals surface area contributed by atoms with Gasteiger partial charge in [-0.2, -0.15) is 4.80 Å². The summed E-state index contributed by atoms with van der Waals surface area (Å²) < 4.78 is 4.99. The SMILES string of the molecule is COc1ccc(NC(=O)c2ccc(-c3nnn(C(C)C)n3)cc2)cn1. The molecule has 3 rings (SSSR count). The van der Waals surface area contributed by atoms with Crippen LogP contribution in [0.1, 0.15) is 30.2 Å². The van der Waals surface area contributed by atoms with Gasteiger partial charge in [0.15, 0.2) is 0 Å². The fraction of sp³-hybridized carbons (Fsp3) is 0.235. The van der Waals surface area contributed by atoms with Gasteiger partial charge in [0.1, 0.15) is 0 Å². The highest BCUT2D eigenvalue weighted by atomic mass is 16.5. The Balaban J connectivity index is 1.71. The van der Waals surface area contributed by atoms with Gasteiger partial charge in [0.2, 0.25) is 11.7 Å². The summed E-state index contributed by atoms with van der Waals surface area (Å²) in [5.74, 6) is 0.793. The number of amides is 1. The zero-order chi connectivity index (χ0) is 17.8. The van der Waals surface area contributed by atoms with E-state index in [0.29, 0.717) is 23.0 Å². The molecule has 1 aromatic carbocycles. The van der Waals surface area contributed by atoms with Crippen molar-refractivity contribution in [2.45, 2.75) is 19.9 Å². The molecule has 0 saturated carbocycles. The van der Waals surface area contributed by atoms with E-state index in [1.807, 2.05) is 13.8 Å². The quantitative estimate of drug-likeness (QED) is 0.768. The third-order valence-electron chi connectivity index (χ3n) is 3.50. The second-order valence-corrected chi connectivity index (χ2v) is 5.65. The highest BCUT2D eigenvalue weighted by molar-refractivity contribution is 6.04. The number of pyridine rings is 1. The monoisotopic (exact) mass is 338 g/mol. The average Bonchev–Trinajstić information content (AvgIpc) is 3.13. The van der Waals surface area contributed by atoms with Gasteiger partial charge in [-0.25, -0.2) is 4.98 Å². The van der Waals surface area contributed by atoms with Crippen LogP contribution in [0.25, 0.3) is 11.4 Å². The van der Waals surface area contributed by atoms with E-state index in [-0.39, 0.29) is 11.9 Å². The van der Waals surface area contributed by atoms with E-state index in [0.717, 1.165) is 5.56 Å². The van der Waals surface area contributed by atoms with Gasteiger partial charge in [0.05, 0.1) is 25.0 Å². The lowest BCUT2D eigenvalue weighted by molar-refractivity contribution is 0.102. The number of carbonyl (C=O) groups excluding carboxylic acids is 1. The predicted molar refractivity (Wildman–Crippen MR) is 92.4 cm³/mol. The lowest BCUT2D eigenvalue weighted by Gasteiger charge is -2.06. The van der Waals surface area contributed by atoms with Crippen LogP contribution < -0.4 is 10.1 Å². The van der Waals surface area contributed by atoms with Crippen LogP contribution in [0, 0.1) is 0 Å². The molecule has 3 aromatic rings. The summed E-state index contributed by atoms with van der Waals surface area (Å²) in [6, 6.07) is 10.6. The third kappa shape index (κ3) is 3.79. The number of nitrogens with one attached hydrogen (secondary N) is 1. The number of ether oxygens (including phenoxy) is 1. The molecular weight excluding hydrogens is 320 g/mol. The highest BCUT2D eigenvalue weighted by Crippen LogP contribution is 2.17. The van der Waals surface area contributed by atoms with Crippen LogP contribution in [-0.2, 0) is 0 Å². The molecule has 0 unspecified atom stereocenters. The predicted octanol–water partition coefficient (Wildman–Crippen LogP) is 2.58. The molecule has 0 bridgehead atoms. The van der Waals surface area contributed by atoms with Crippen LogP contribution in [0.5, 0.6) is 5.88 Å². The number of tetrazole rings is 1. The molecule has 0 spiro atoms. The summed E-state index contributed by atoms with van der Waals surface area (Å²) in [5.41, 5.74) is 1.92. The minimum absolute atomic E-state index is 0.143. The molecule has 8 nitrogen and oxygen atoms in total. The smallest absolute Gasteiger partial charge is 0.255 e. The number of benzene rings is 1. The first-order chi connectivity index (χ1) is 12.1. The molecule has 2 aromatic heterocycles. The van der Waals surface area contributed by atoms with Gasteiger partial charge in [-0.3, -0.25) is 4.79 Å². The van der Waals surface area contributed by atoms with Gasteiger partial charge in [0.25, 0.3) is 5.91 Å². The molecule has 1 N–H and O–H groups in total. The topological polar surface area (TPSA) is 94.8 Å². The van der Waals surface area contributed by atoms with Crippen LogP contribution in [0.3, 0.4) is 0 Å². The summed E-state index contributed by atoms with van der Waals surface area (Å²) in [6.07, 6.45) is 1.54. The van der Waals surface area contributed by atoms with Crippen LogP contribution in [0.15, 0.2) is 42.6 Å². The molecule has 0 fully saturated rings. The number of nitrogens with zero attached hydrogens (tertiary/aromatic N) is 5. The Kier molecular flexibility index (Phi) is 4.69. The maximum Gasteiger partial charge on any atom is 0.255 e. The van der Waals surface area contributed by atoms with Crippen molar-refractivity contribution in [3.63, 3.8) is 0 Å². The number of hydrogen-bond acceptors (Lipinski definition) is 6. The van der Waals surface area contributed by atoms with E-state index >= 15 is 0 Å². The fourth-order valence-electron chi connectivity index (χ4n) is 2.11. The molecule has 25 heavy (non-hydrogen) atoms. The molecule has 0 radical (unpaired) electrons. The molecule has 1 amide bonds. The molecule has 0 atom stereocenters. The van der Waals surface area contributed by atoms with E-state index in [4.69, 9.17) is 4.74 Å². The molecule has 0 saturated heterocycles. The van der Waals surface area contributed by atoms with Crippen LogP contribution in [0.2, 0.25) is 0 Å². The van der Waals surface area contributed by atoms with E-state index in [1.54, 1.807) is 47.4 Å². The van der Waals surface area contributed by atoms with Crippen molar-refractivity contribution < 1.29 is 9.53 Å². The van der Waals surface area contributed by atoms with Crippen molar-refractivity contribution in [1.29, 1.82) is 0 Å². The number of carbonyl (C=O) groups is 1. The molecule has 2 heterocycles. The first-order valence-electron chi connectivity index (χ1n) is 7.78. The van der Waals surface area contributed by atoms with Gasteiger partial charge < -0.3 is 10.1 Å². The normalized spacial score (nSPS) is 10.7. The number of methoxy groups -OCH3 is 1. The first-order valence-corrected chi connectivity index (χ1v) is 7.78. The first kappa shape index (κ1) is 16.6. The summed E-state index contributed by atoms with van der Waals surface area (Å²) >= 11 is 0. The second-order valence-electron chi connectivity index (χ2n) is 5.65. The Morgan fingerprint density at radius 1 is 1.16 bits per heavy atom. The maximum absolute atomic E-state index is 12.3. The van der Waals surface area contributed by atoms with Crippen LogP contribution in [0.4, 0.5) is 5.69 Å². The highest BCUT2D eigenvalue weighted by Gasteiger charge is 2.10. The lowest BCUT2D eigenvalue weighted by Crippen LogP contribution is -2.11. The zero-order valence-electron chi connectivity index (χ0n) is 14.2. The molecule has 128 valence electrons. The zero-order valence-corrected chi connectivity index (χ0v) is 14.2. The van der Waals surface area contributed by atoms with E-state index in [1.165, 1.54) is 7.11 Å². The van der Waals surface area contributed by atoms with Crippen molar-refractivity contribution in [2.24, 2.45) is 0 Å². The Labute approximate surface area is 144 Å². The third-order valence-corrected chi connectivity index (χ3v) is 3.50. The van der Waals surface area contributed by atoms with Crippen molar-refractivity contribution in [1.82, 2.24) is 25.2 Å². The Hall–Kier alpha value is -3.29. The molecule has 0 aliphatic carbocycles. The van der Waals surface area contributed by atoms with Gasteiger partial charge in [-0.05, 0) is 37.3 Å². The van der Waals surface area contributed by atoms with Crippen molar-refractivity contribution in [3.8, 4) is 17.3 Å². The van der Waals surface area contributed by atoms with E-state index in [2.05, 4.69) is 25.7 Å². The van der Waals surface area contributed by atoms with Gasteiger partial charge in [-0.15, -0.1) is 10.2 Å². The summed E-state index contributed by atoms with van der Waals surface area (Å²) in [7, 11) is 1.54. The lowest BCUT2D eigenvalue weighted by atomic mass is 10.1. The maximum atomic E-state index is 12.3. The minimum atomic E-state index is -0.225. The van der Waals surface area contributed by atoms with Crippen molar-refractivity contribution >= 4 is 11.6 Å². The number of rotatable bonds is 5. The number of anilines is 1. The number of aromatic nitrogens is 5. The van der Waals surface area contributed by atoms with Crippen molar-refractivity contribution in [2.75, 3.05) is 12.4 Å². The van der Waals surface area contributed by atoms with E-state index in [9.17, 15) is 4.79 Å². The largest absolute Gasteiger partial charge is 0.481 e. The molecule has 0 aliphatic rings. The molecular formula is C17H18N6O2. The van der Waals surface area contributed by atoms with Crippen LogP contribution in [-0.4, -0.2) is 38.2 Å².